The molecule has 5 nitrogen and oxygen atoms in total. The Morgan fingerprint density at radius 1 is 1.53 bits per heavy atom. The summed E-state index contributed by atoms with van der Waals surface area (Å²) >= 11 is 3.25. The molecule has 0 aromatic carbocycles. The zero-order valence-corrected chi connectivity index (χ0v) is 11.8. The highest BCUT2D eigenvalue weighted by Gasteiger charge is 2.19. The van der Waals surface area contributed by atoms with E-state index in [1.54, 1.807) is 24.3 Å². The van der Waals surface area contributed by atoms with E-state index in [1.165, 1.54) is 6.26 Å². The summed E-state index contributed by atoms with van der Waals surface area (Å²) in [4.78, 5) is 16.3. The van der Waals surface area contributed by atoms with Gasteiger partial charge in [0, 0.05) is 5.69 Å². The van der Waals surface area contributed by atoms with E-state index in [0.717, 1.165) is 5.69 Å². The summed E-state index contributed by atoms with van der Waals surface area (Å²) in [6.45, 7) is 1.60. The topological polar surface area (TPSA) is 75.4 Å². The van der Waals surface area contributed by atoms with E-state index >= 15 is 0 Å². The molecular weight excluding hydrogens is 312 g/mol. The van der Waals surface area contributed by atoms with E-state index in [4.69, 9.17) is 4.42 Å². The lowest BCUT2D eigenvalue weighted by Gasteiger charge is -2.14. The molecule has 0 aliphatic rings. The Kier molecular flexibility index (Phi) is 4.34. The molecule has 2 aromatic rings. The number of carbonyl (C=O) groups is 1. The maximum absolute atomic E-state index is 12.1. The van der Waals surface area contributed by atoms with E-state index in [2.05, 4.69) is 26.2 Å². The third kappa shape index (κ3) is 3.21. The number of rotatable bonds is 4. The van der Waals surface area contributed by atoms with E-state index in [-0.39, 0.29) is 12.5 Å². The van der Waals surface area contributed by atoms with Crippen LogP contribution in [0, 0.1) is 6.92 Å². The van der Waals surface area contributed by atoms with Crippen LogP contribution >= 0.6 is 15.9 Å². The fourth-order valence-corrected chi connectivity index (χ4v) is 2.22. The zero-order chi connectivity index (χ0) is 13.8. The number of hydrogen-bond acceptors (Lipinski definition) is 4. The minimum absolute atomic E-state index is 0.240. The summed E-state index contributed by atoms with van der Waals surface area (Å²) in [7, 11) is 0. The Hall–Kier alpha value is -1.66. The van der Waals surface area contributed by atoms with Crippen LogP contribution in [-0.4, -0.2) is 22.6 Å². The molecule has 2 N–H and O–H groups in total. The van der Waals surface area contributed by atoms with Crippen molar-refractivity contribution in [2.24, 2.45) is 0 Å². The van der Waals surface area contributed by atoms with Crippen molar-refractivity contribution >= 4 is 21.8 Å². The molecule has 0 radical (unpaired) electrons. The fraction of sp³-hybridized carbons (Fsp3) is 0.231. The number of halogens is 1. The molecule has 2 heterocycles. The Bertz CT molecular complexity index is 569. The van der Waals surface area contributed by atoms with E-state index < -0.39 is 6.04 Å². The Morgan fingerprint density at radius 3 is 2.89 bits per heavy atom. The van der Waals surface area contributed by atoms with Crippen LogP contribution in [0.25, 0.3) is 0 Å². The van der Waals surface area contributed by atoms with Gasteiger partial charge in [0.2, 0.25) is 0 Å². The van der Waals surface area contributed by atoms with Crippen LogP contribution in [0.15, 0.2) is 39.5 Å². The van der Waals surface area contributed by atoms with Gasteiger partial charge in [0.05, 0.1) is 18.4 Å². The molecule has 0 fully saturated rings. The average molecular weight is 325 g/mol. The fourth-order valence-electron chi connectivity index (χ4n) is 1.63. The Morgan fingerprint density at radius 2 is 2.32 bits per heavy atom. The molecule has 1 amide bonds. The minimum Gasteiger partial charge on any atom is -0.467 e. The Labute approximate surface area is 118 Å². The molecule has 6 heteroatoms. The predicted molar refractivity (Wildman–Crippen MR) is 72.7 cm³/mol. The predicted octanol–water partition coefficient (Wildman–Crippen LogP) is 2.21. The number of aromatic nitrogens is 1. The molecule has 1 atom stereocenters. The van der Waals surface area contributed by atoms with Gasteiger partial charge in [-0.2, -0.15) is 0 Å². The largest absolute Gasteiger partial charge is 0.467 e. The van der Waals surface area contributed by atoms with E-state index in [9.17, 15) is 9.90 Å². The second-order valence-electron chi connectivity index (χ2n) is 4.02. The molecule has 100 valence electrons. The van der Waals surface area contributed by atoms with Gasteiger partial charge in [-0.15, -0.1) is 0 Å². The molecule has 19 heavy (non-hydrogen) atoms. The number of carbonyl (C=O) groups excluding carboxylic acids is 1. The maximum Gasteiger partial charge on any atom is 0.254 e. The van der Waals surface area contributed by atoms with Crippen LogP contribution in [0.3, 0.4) is 0 Å². The molecule has 1 unspecified atom stereocenters. The van der Waals surface area contributed by atoms with Crippen molar-refractivity contribution in [3.05, 3.63) is 52.1 Å². The number of hydrogen-bond donors (Lipinski definition) is 2. The van der Waals surface area contributed by atoms with E-state index in [0.29, 0.717) is 15.9 Å². The van der Waals surface area contributed by atoms with Crippen molar-refractivity contribution in [3.63, 3.8) is 0 Å². The van der Waals surface area contributed by atoms with Crippen molar-refractivity contribution in [1.82, 2.24) is 10.3 Å². The SMILES string of the molecule is Cc1ccc(C(=O)NC(CO)c2ccco2)c(Br)n1. The molecule has 0 aliphatic heterocycles. The van der Waals surface area contributed by atoms with Gasteiger partial charge in [0.15, 0.2) is 0 Å². The van der Waals surface area contributed by atoms with Gasteiger partial charge >= 0.3 is 0 Å². The lowest BCUT2D eigenvalue weighted by molar-refractivity contribution is 0.0906. The number of amides is 1. The van der Waals surface area contributed by atoms with Crippen molar-refractivity contribution in [1.29, 1.82) is 0 Å². The molecule has 0 spiro atoms. The van der Waals surface area contributed by atoms with Gasteiger partial charge in [0.1, 0.15) is 16.4 Å². The molecule has 0 saturated heterocycles. The van der Waals surface area contributed by atoms with Gasteiger partial charge in [-0.25, -0.2) is 4.98 Å². The molecule has 0 bridgehead atoms. The highest BCUT2D eigenvalue weighted by Crippen LogP contribution is 2.17. The summed E-state index contributed by atoms with van der Waals surface area (Å²) in [5, 5.41) is 12.0. The minimum atomic E-state index is -0.573. The van der Waals surface area contributed by atoms with Crippen molar-refractivity contribution in [3.8, 4) is 0 Å². The standard InChI is InChI=1S/C13H13BrN2O3/c1-8-4-5-9(12(14)15-8)13(18)16-10(7-17)11-3-2-6-19-11/h2-6,10,17H,7H2,1H3,(H,16,18). The van der Waals surface area contributed by atoms with Crippen LogP contribution in [0.5, 0.6) is 0 Å². The molecule has 2 aromatic heterocycles. The average Bonchev–Trinajstić information content (AvgIpc) is 2.89. The van der Waals surface area contributed by atoms with Crippen LogP contribution < -0.4 is 5.32 Å². The first-order chi connectivity index (χ1) is 9.11. The number of aliphatic hydroxyl groups excluding tert-OH is 1. The second kappa shape index (κ2) is 5.99. The van der Waals surface area contributed by atoms with E-state index in [1.807, 2.05) is 6.92 Å². The molecule has 0 saturated carbocycles. The zero-order valence-electron chi connectivity index (χ0n) is 10.3. The maximum atomic E-state index is 12.1. The molecule has 2 rings (SSSR count). The monoisotopic (exact) mass is 324 g/mol. The lowest BCUT2D eigenvalue weighted by atomic mass is 10.2. The van der Waals surface area contributed by atoms with Crippen LogP contribution in [0.2, 0.25) is 0 Å². The normalized spacial score (nSPS) is 12.2. The first kappa shape index (κ1) is 13.8. The summed E-state index contributed by atoms with van der Waals surface area (Å²) in [5.74, 6) is 0.182. The number of nitrogens with one attached hydrogen (secondary N) is 1. The number of aliphatic hydroxyl groups is 1. The quantitative estimate of drug-likeness (QED) is 0.845. The van der Waals surface area contributed by atoms with Crippen LogP contribution in [-0.2, 0) is 0 Å². The van der Waals surface area contributed by atoms with Gasteiger partial charge in [-0.05, 0) is 47.1 Å². The van der Waals surface area contributed by atoms with Gasteiger partial charge < -0.3 is 14.8 Å². The number of nitrogens with zero attached hydrogens (tertiary/aromatic N) is 1. The lowest BCUT2D eigenvalue weighted by Crippen LogP contribution is -2.30. The number of pyridine rings is 1. The first-order valence-corrected chi connectivity index (χ1v) is 6.49. The van der Waals surface area contributed by atoms with Crippen molar-refractivity contribution in [2.45, 2.75) is 13.0 Å². The first-order valence-electron chi connectivity index (χ1n) is 5.70. The highest BCUT2D eigenvalue weighted by atomic mass is 79.9. The van der Waals surface area contributed by atoms with Crippen molar-refractivity contribution in [2.75, 3.05) is 6.61 Å². The molecule has 0 aliphatic carbocycles. The Balaban J connectivity index is 2.16. The number of furan rings is 1. The smallest absolute Gasteiger partial charge is 0.254 e. The van der Waals surface area contributed by atoms with Crippen LogP contribution in [0.1, 0.15) is 27.9 Å². The highest BCUT2D eigenvalue weighted by molar-refractivity contribution is 9.10. The number of aryl methyl sites for hydroxylation is 1. The summed E-state index contributed by atoms with van der Waals surface area (Å²) in [5.41, 5.74) is 1.23. The summed E-state index contributed by atoms with van der Waals surface area (Å²) < 4.78 is 5.64. The van der Waals surface area contributed by atoms with Gasteiger partial charge in [-0.3, -0.25) is 4.79 Å². The third-order valence-corrected chi connectivity index (χ3v) is 3.21. The summed E-state index contributed by atoms with van der Waals surface area (Å²) in [6.07, 6.45) is 1.49. The van der Waals surface area contributed by atoms with Gasteiger partial charge in [0.25, 0.3) is 5.91 Å². The van der Waals surface area contributed by atoms with Gasteiger partial charge in [-0.1, -0.05) is 0 Å². The summed E-state index contributed by atoms with van der Waals surface area (Å²) in [6, 6.07) is 6.26. The molecular formula is C13H13BrN2O3. The third-order valence-electron chi connectivity index (χ3n) is 2.61. The second-order valence-corrected chi connectivity index (χ2v) is 4.77. The van der Waals surface area contributed by atoms with Crippen LogP contribution in [0.4, 0.5) is 0 Å². The van der Waals surface area contributed by atoms with Crippen molar-refractivity contribution < 1.29 is 14.3 Å².